The molecule has 0 N–H and O–H groups in total. The van der Waals surface area contributed by atoms with Gasteiger partial charge < -0.3 is 23.7 Å². The molecule has 1 aromatic carbocycles. The summed E-state index contributed by atoms with van der Waals surface area (Å²) in [5.41, 5.74) is 4.43. The summed E-state index contributed by atoms with van der Waals surface area (Å²) in [4.78, 5) is 13.0. The molecule has 1 aromatic rings. The minimum atomic E-state index is -0.391. The normalized spacial score (nSPS) is 38.7. The van der Waals surface area contributed by atoms with Gasteiger partial charge in [0.25, 0.3) is 0 Å². The minimum Gasteiger partial charge on any atom is -0.458 e. The Balaban J connectivity index is 1.42. The highest BCUT2D eigenvalue weighted by molar-refractivity contribution is 14.1. The van der Waals surface area contributed by atoms with Gasteiger partial charge in [0, 0.05) is 29.9 Å². The van der Waals surface area contributed by atoms with Crippen LogP contribution in [0.1, 0.15) is 76.7 Å². The summed E-state index contributed by atoms with van der Waals surface area (Å²) in [5.74, 6) is -0.232. The first-order valence-corrected chi connectivity index (χ1v) is 16.2. The van der Waals surface area contributed by atoms with E-state index in [2.05, 4.69) is 84.4 Å². The summed E-state index contributed by atoms with van der Waals surface area (Å²) in [5, 5.41) is 0. The average Bonchev–Trinajstić information content (AvgIpc) is 2.95. The largest absolute Gasteiger partial charge is 0.458 e. The van der Waals surface area contributed by atoms with Gasteiger partial charge in [-0.1, -0.05) is 85.0 Å². The van der Waals surface area contributed by atoms with Gasteiger partial charge in [-0.2, -0.15) is 0 Å². The monoisotopic (exact) mass is 674 g/mol. The lowest BCUT2D eigenvalue weighted by molar-refractivity contribution is -0.225. The predicted octanol–water partition coefficient (Wildman–Crippen LogP) is 7.64. The van der Waals surface area contributed by atoms with Crippen molar-refractivity contribution < 1.29 is 28.5 Å². The molecule has 0 unspecified atom stereocenters. The van der Waals surface area contributed by atoms with E-state index in [9.17, 15) is 4.79 Å². The Morgan fingerprint density at radius 1 is 1.00 bits per heavy atom. The minimum absolute atomic E-state index is 0.0102. The molecule has 6 nitrogen and oxygen atoms in total. The number of halogens is 1. The second-order valence-corrected chi connectivity index (χ2v) is 12.7. The van der Waals surface area contributed by atoms with Gasteiger partial charge in [-0.3, -0.25) is 0 Å². The lowest BCUT2D eigenvalue weighted by atomic mass is 9.79. The molecule has 0 spiro atoms. The number of fused-ring (bicyclic) bond motifs is 9. The first kappa shape index (κ1) is 30.7. The first-order chi connectivity index (χ1) is 19.8. The molecule has 0 saturated carbocycles. The van der Waals surface area contributed by atoms with E-state index >= 15 is 0 Å². The van der Waals surface area contributed by atoms with Gasteiger partial charge in [0.15, 0.2) is 6.29 Å². The Kier molecular flexibility index (Phi) is 10.6. The Morgan fingerprint density at radius 3 is 2.63 bits per heavy atom. The van der Waals surface area contributed by atoms with E-state index in [0.717, 1.165) is 48.8 Å². The van der Waals surface area contributed by atoms with Gasteiger partial charge in [-0.25, -0.2) is 4.79 Å². The van der Waals surface area contributed by atoms with Crippen LogP contribution in [-0.4, -0.2) is 49.2 Å². The van der Waals surface area contributed by atoms with E-state index in [1.807, 2.05) is 12.1 Å². The van der Waals surface area contributed by atoms with Crippen molar-refractivity contribution in [1.29, 1.82) is 0 Å². The molecule has 8 bridgehead atoms. The fourth-order valence-electron chi connectivity index (χ4n) is 6.61. The number of benzene rings is 1. The van der Waals surface area contributed by atoms with Gasteiger partial charge in [0.2, 0.25) is 0 Å². The molecule has 4 aliphatic heterocycles. The second kappa shape index (κ2) is 14.1. The van der Waals surface area contributed by atoms with Crippen molar-refractivity contribution in [2.45, 2.75) is 102 Å². The Hall–Kier alpha value is -1.78. The second-order valence-electron chi connectivity index (χ2n) is 12.0. The highest BCUT2D eigenvalue weighted by Crippen LogP contribution is 2.38. The lowest BCUT2D eigenvalue weighted by Gasteiger charge is -2.44. The molecular weight excluding hydrogens is 631 g/mol. The third-order valence-corrected chi connectivity index (χ3v) is 9.76. The molecule has 7 heteroatoms. The number of esters is 1. The van der Waals surface area contributed by atoms with E-state index < -0.39 is 6.29 Å². The summed E-state index contributed by atoms with van der Waals surface area (Å²) in [6, 6.07) is 8.34. The van der Waals surface area contributed by atoms with Crippen LogP contribution in [0, 0.1) is 11.8 Å². The smallest absolute Gasteiger partial charge is 0.330 e. The van der Waals surface area contributed by atoms with Gasteiger partial charge in [0.1, 0.15) is 6.10 Å². The zero-order valence-corrected chi connectivity index (χ0v) is 26.5. The van der Waals surface area contributed by atoms with Gasteiger partial charge >= 0.3 is 5.97 Å². The highest BCUT2D eigenvalue weighted by atomic mass is 127. The Bertz CT molecular complexity index is 1170. The van der Waals surface area contributed by atoms with Crippen LogP contribution in [0.5, 0.6) is 0 Å². The van der Waals surface area contributed by atoms with Crippen LogP contribution in [0.4, 0.5) is 0 Å². The topological polar surface area (TPSA) is 63.2 Å². The summed E-state index contributed by atoms with van der Waals surface area (Å²) in [6.45, 7) is 11.3. The Morgan fingerprint density at radius 2 is 1.80 bits per heavy atom. The number of carbonyl (C=O) groups excluding carboxylic acids is 1. The standard InChI is InChI=1S/C34H43IO6/c1-21-16-27-11-7-13-31(36)41-33-23(3)30(40-32(24(33)4)22(2)20-35)12-6-9-25-8-5-10-26(18-25)34-37-15-14-28(39-34)19-29(17-21)38-27/h5-10,13,18,20,23-24,27-30,32-34H,1,11-12,14-17,19H2,2-4H3/b9-6+,13-7-,22-20+/t23-,24-,27+,28+,29-,30-,32+,33-,34+/m0/s1. The third kappa shape index (κ3) is 7.79. The van der Waals surface area contributed by atoms with Gasteiger partial charge in [-0.05, 0) is 60.3 Å². The van der Waals surface area contributed by atoms with Gasteiger partial charge in [-0.15, -0.1) is 0 Å². The van der Waals surface area contributed by atoms with Crippen LogP contribution >= 0.6 is 22.6 Å². The molecule has 41 heavy (non-hydrogen) atoms. The zero-order chi connectivity index (χ0) is 28.9. The summed E-state index contributed by atoms with van der Waals surface area (Å²) < 4.78 is 33.7. The SMILES string of the molecule is C=C1C[C@H]2C/C=C\C(=O)O[C@H]3[C@@H](C)[C@H](C/C=C/c4cccc(c4)[C@@H]4OCC[C@H](C[C@H](C1)O2)O4)O[C@H](/C(C)=C/I)[C@@H]3C. The van der Waals surface area contributed by atoms with Crippen LogP contribution < -0.4 is 0 Å². The van der Waals surface area contributed by atoms with Crippen molar-refractivity contribution in [3.8, 4) is 0 Å². The number of carbonyl (C=O) groups is 1. The lowest BCUT2D eigenvalue weighted by Crippen LogP contribution is -2.50. The molecule has 9 atom stereocenters. The molecule has 4 aliphatic rings. The number of hydrogen-bond acceptors (Lipinski definition) is 6. The molecule has 4 heterocycles. The molecule has 0 radical (unpaired) electrons. The molecule has 0 amide bonds. The fourth-order valence-corrected chi connectivity index (χ4v) is 6.96. The maximum Gasteiger partial charge on any atom is 0.330 e. The van der Waals surface area contributed by atoms with E-state index in [0.29, 0.717) is 13.0 Å². The summed E-state index contributed by atoms with van der Waals surface area (Å²) in [6.07, 6.45) is 11.6. The van der Waals surface area contributed by atoms with E-state index in [-0.39, 0.29) is 54.4 Å². The van der Waals surface area contributed by atoms with Crippen molar-refractivity contribution in [1.82, 2.24) is 0 Å². The van der Waals surface area contributed by atoms with Crippen LogP contribution in [-0.2, 0) is 28.5 Å². The van der Waals surface area contributed by atoms with E-state index in [1.165, 1.54) is 5.57 Å². The fraction of sp³-hybridized carbons (Fsp3) is 0.559. The first-order valence-electron chi connectivity index (χ1n) is 15.0. The highest BCUT2D eigenvalue weighted by Gasteiger charge is 2.43. The molecule has 0 aromatic heterocycles. The number of hydrogen-bond donors (Lipinski definition) is 0. The van der Waals surface area contributed by atoms with Crippen molar-refractivity contribution >= 4 is 34.6 Å². The molecular formula is C34H43IO6. The van der Waals surface area contributed by atoms with E-state index in [1.54, 1.807) is 6.08 Å². The number of ether oxygens (including phenoxy) is 5. The van der Waals surface area contributed by atoms with Crippen molar-refractivity contribution in [2.75, 3.05) is 6.61 Å². The van der Waals surface area contributed by atoms with Crippen LogP contribution in [0.3, 0.4) is 0 Å². The maximum atomic E-state index is 13.0. The predicted molar refractivity (Wildman–Crippen MR) is 168 cm³/mol. The maximum absolute atomic E-state index is 13.0. The summed E-state index contributed by atoms with van der Waals surface area (Å²) in [7, 11) is 0. The average molecular weight is 675 g/mol. The van der Waals surface area contributed by atoms with Crippen molar-refractivity contribution in [3.05, 3.63) is 75.4 Å². The van der Waals surface area contributed by atoms with E-state index in [4.69, 9.17) is 23.7 Å². The van der Waals surface area contributed by atoms with Crippen molar-refractivity contribution in [2.24, 2.45) is 11.8 Å². The van der Waals surface area contributed by atoms with Gasteiger partial charge in [0.05, 0.1) is 37.1 Å². The molecule has 5 rings (SSSR count). The van der Waals surface area contributed by atoms with Crippen LogP contribution in [0.25, 0.3) is 6.08 Å². The number of rotatable bonds is 1. The molecule has 222 valence electrons. The van der Waals surface area contributed by atoms with Crippen molar-refractivity contribution in [3.63, 3.8) is 0 Å². The van der Waals surface area contributed by atoms with Crippen LogP contribution in [0.2, 0.25) is 0 Å². The quantitative estimate of drug-likeness (QED) is 0.174. The molecule has 0 aliphatic carbocycles. The third-order valence-electron chi connectivity index (χ3n) is 8.78. The Labute approximate surface area is 258 Å². The van der Waals surface area contributed by atoms with Crippen LogP contribution in [0.15, 0.2) is 64.3 Å². The summed E-state index contributed by atoms with van der Waals surface area (Å²) >= 11 is 2.26. The zero-order valence-electron chi connectivity index (χ0n) is 24.4. The molecule has 3 fully saturated rings. The molecule has 3 saturated heterocycles.